The molecule has 2 heterocycles. The number of hydrogen-bond acceptors (Lipinski definition) is 7. The van der Waals surface area contributed by atoms with E-state index in [0.29, 0.717) is 16.0 Å². The summed E-state index contributed by atoms with van der Waals surface area (Å²) in [6, 6.07) is 1.48. The van der Waals surface area contributed by atoms with E-state index in [2.05, 4.69) is 25.5 Å². The van der Waals surface area contributed by atoms with E-state index in [1.165, 1.54) is 29.2 Å². The van der Waals surface area contributed by atoms with Gasteiger partial charge in [0.05, 0.1) is 10.9 Å². The second-order valence-corrected chi connectivity index (χ2v) is 7.63. The molecule has 0 aromatic carbocycles. The van der Waals surface area contributed by atoms with Crippen LogP contribution in [0, 0.1) is 0 Å². The molecule has 23 heavy (non-hydrogen) atoms. The number of amides is 1. The van der Waals surface area contributed by atoms with Gasteiger partial charge in [0, 0.05) is 6.07 Å². The first kappa shape index (κ1) is 17.6. The lowest BCUT2D eigenvalue weighted by Crippen LogP contribution is -2.23. The quantitative estimate of drug-likeness (QED) is 0.611. The highest BCUT2D eigenvalue weighted by molar-refractivity contribution is 8.00. The number of carbonyl (C=O) groups is 1. The number of H-pyrrole nitrogens is 1. The van der Waals surface area contributed by atoms with Crippen molar-refractivity contribution >= 4 is 34.1 Å². The molecule has 9 heteroatoms. The van der Waals surface area contributed by atoms with Crippen LogP contribution in [-0.2, 0) is 11.2 Å². The van der Waals surface area contributed by atoms with Crippen LogP contribution < -0.4 is 10.9 Å². The Morgan fingerprint density at radius 1 is 1.39 bits per heavy atom. The predicted molar refractivity (Wildman–Crippen MR) is 92.2 cm³/mol. The summed E-state index contributed by atoms with van der Waals surface area (Å²) in [5.41, 5.74) is 0.496. The Morgan fingerprint density at radius 3 is 2.74 bits per heavy atom. The smallest absolute Gasteiger partial charge is 0.251 e. The van der Waals surface area contributed by atoms with Gasteiger partial charge in [-0.3, -0.25) is 14.9 Å². The van der Waals surface area contributed by atoms with Crippen LogP contribution in [0.3, 0.4) is 0 Å². The average Bonchev–Trinajstić information content (AvgIpc) is 2.94. The molecular formula is C14H19N5O2S2. The molecule has 7 nitrogen and oxygen atoms in total. The summed E-state index contributed by atoms with van der Waals surface area (Å²) >= 11 is 2.56. The number of aryl methyl sites for hydroxylation is 1. The zero-order chi connectivity index (χ0) is 17.0. The van der Waals surface area contributed by atoms with Gasteiger partial charge in [-0.05, 0) is 19.3 Å². The van der Waals surface area contributed by atoms with Crippen LogP contribution in [-0.4, -0.2) is 31.3 Å². The first-order valence-corrected chi connectivity index (χ1v) is 8.99. The van der Waals surface area contributed by atoms with Crippen LogP contribution in [0.2, 0.25) is 0 Å². The Morgan fingerprint density at radius 2 is 2.13 bits per heavy atom. The van der Waals surface area contributed by atoms with Crippen LogP contribution in [0.25, 0.3) is 0 Å². The van der Waals surface area contributed by atoms with Gasteiger partial charge in [-0.15, -0.1) is 10.2 Å². The van der Waals surface area contributed by atoms with Gasteiger partial charge in [-0.2, -0.15) is 0 Å². The van der Waals surface area contributed by atoms with E-state index in [9.17, 15) is 9.59 Å². The summed E-state index contributed by atoms with van der Waals surface area (Å²) in [6.07, 6.45) is 0.783. The molecule has 0 fully saturated rings. The zero-order valence-electron chi connectivity index (χ0n) is 13.4. The lowest BCUT2D eigenvalue weighted by atomic mass is 10.1. The van der Waals surface area contributed by atoms with E-state index in [1.54, 1.807) is 6.92 Å². The zero-order valence-corrected chi connectivity index (χ0v) is 15.0. The minimum absolute atomic E-state index is 0.148. The fraction of sp³-hybridized carbons (Fsp3) is 0.500. The third-order valence-corrected chi connectivity index (χ3v) is 4.96. The second-order valence-electron chi connectivity index (χ2n) is 5.23. The molecule has 0 radical (unpaired) electrons. The predicted octanol–water partition coefficient (Wildman–Crippen LogP) is 2.43. The van der Waals surface area contributed by atoms with Gasteiger partial charge in [0.2, 0.25) is 11.0 Å². The summed E-state index contributed by atoms with van der Waals surface area (Å²) < 4.78 is 0. The molecule has 2 aromatic rings. The van der Waals surface area contributed by atoms with E-state index < -0.39 is 5.25 Å². The summed E-state index contributed by atoms with van der Waals surface area (Å²) in [5.74, 6) is -0.0546. The number of aromatic amines is 1. The highest BCUT2D eigenvalue weighted by Gasteiger charge is 2.18. The number of nitrogens with one attached hydrogen (secondary N) is 2. The molecule has 0 spiro atoms. The topological polar surface area (TPSA) is 101 Å². The van der Waals surface area contributed by atoms with Crippen LogP contribution in [0.4, 0.5) is 5.13 Å². The summed E-state index contributed by atoms with van der Waals surface area (Å²) in [4.78, 5) is 30.9. The highest BCUT2D eigenvalue weighted by atomic mass is 32.2. The number of hydrogen-bond donors (Lipinski definition) is 2. The minimum Gasteiger partial charge on any atom is -0.301 e. The molecule has 0 saturated carbocycles. The van der Waals surface area contributed by atoms with Crippen molar-refractivity contribution in [2.45, 2.75) is 50.4 Å². The summed E-state index contributed by atoms with van der Waals surface area (Å²) in [6.45, 7) is 7.67. The third-order valence-electron chi connectivity index (χ3n) is 2.99. The number of aromatic nitrogens is 4. The average molecular weight is 353 g/mol. The maximum atomic E-state index is 12.2. The van der Waals surface area contributed by atoms with Crippen molar-refractivity contribution in [3.05, 3.63) is 27.1 Å². The fourth-order valence-electron chi connectivity index (χ4n) is 1.68. The molecule has 1 unspecified atom stereocenters. The van der Waals surface area contributed by atoms with Gasteiger partial charge in [-0.25, -0.2) is 4.98 Å². The fourth-order valence-corrected chi connectivity index (χ4v) is 3.18. The SMILES string of the molecule is CCc1nnc(NC(=O)C(C)Sc2nc(C(C)C)cc(=O)[nH]2)s1. The number of nitrogens with zero attached hydrogens (tertiary/aromatic N) is 3. The van der Waals surface area contributed by atoms with E-state index in [0.717, 1.165) is 11.4 Å². The Bertz CT molecular complexity index is 741. The lowest BCUT2D eigenvalue weighted by Gasteiger charge is -2.11. The van der Waals surface area contributed by atoms with E-state index in [4.69, 9.17) is 0 Å². The summed E-state index contributed by atoms with van der Waals surface area (Å²) in [7, 11) is 0. The van der Waals surface area contributed by atoms with Gasteiger partial charge in [0.15, 0.2) is 5.16 Å². The van der Waals surface area contributed by atoms with Gasteiger partial charge < -0.3 is 4.98 Å². The highest BCUT2D eigenvalue weighted by Crippen LogP contribution is 2.22. The molecule has 1 amide bonds. The van der Waals surface area contributed by atoms with Crippen molar-refractivity contribution in [1.29, 1.82) is 0 Å². The molecule has 0 aliphatic carbocycles. The third kappa shape index (κ3) is 4.87. The molecular weight excluding hydrogens is 334 g/mol. The monoisotopic (exact) mass is 353 g/mol. The van der Waals surface area contributed by atoms with Crippen molar-refractivity contribution < 1.29 is 4.79 Å². The Labute approximate surface area is 142 Å². The maximum Gasteiger partial charge on any atom is 0.251 e. The Hall–Kier alpha value is -1.74. The van der Waals surface area contributed by atoms with Crippen LogP contribution in [0.5, 0.6) is 0 Å². The van der Waals surface area contributed by atoms with Crippen molar-refractivity contribution in [3.63, 3.8) is 0 Å². The van der Waals surface area contributed by atoms with Crippen LogP contribution in [0.15, 0.2) is 16.0 Å². The number of anilines is 1. The lowest BCUT2D eigenvalue weighted by molar-refractivity contribution is -0.115. The van der Waals surface area contributed by atoms with E-state index in [1.807, 2.05) is 20.8 Å². The number of thioether (sulfide) groups is 1. The number of rotatable bonds is 6. The Balaban J connectivity index is 2.04. The standard InChI is InChI=1S/C14H19N5O2S2/c1-5-11-18-19-14(23-11)17-12(21)8(4)22-13-15-9(7(2)3)6-10(20)16-13/h6-8H,5H2,1-4H3,(H,15,16,20)(H,17,19,21). The molecule has 124 valence electrons. The molecule has 0 aliphatic rings. The first-order valence-electron chi connectivity index (χ1n) is 7.30. The molecule has 0 saturated heterocycles. The van der Waals surface area contributed by atoms with Crippen molar-refractivity contribution in [2.24, 2.45) is 0 Å². The second kappa shape index (κ2) is 7.69. The maximum absolute atomic E-state index is 12.2. The summed E-state index contributed by atoms with van der Waals surface area (Å²) in [5, 5.41) is 12.0. The molecule has 2 rings (SSSR count). The van der Waals surface area contributed by atoms with Crippen LogP contribution in [0.1, 0.15) is 44.3 Å². The van der Waals surface area contributed by atoms with Crippen molar-refractivity contribution in [1.82, 2.24) is 20.2 Å². The van der Waals surface area contributed by atoms with Gasteiger partial charge in [0.1, 0.15) is 5.01 Å². The van der Waals surface area contributed by atoms with Gasteiger partial charge in [-0.1, -0.05) is 43.9 Å². The van der Waals surface area contributed by atoms with Crippen molar-refractivity contribution in [3.8, 4) is 0 Å². The van der Waals surface area contributed by atoms with Gasteiger partial charge >= 0.3 is 0 Å². The van der Waals surface area contributed by atoms with E-state index >= 15 is 0 Å². The minimum atomic E-state index is -0.422. The molecule has 2 aromatic heterocycles. The first-order chi connectivity index (χ1) is 10.9. The van der Waals surface area contributed by atoms with Crippen LogP contribution >= 0.6 is 23.1 Å². The Kier molecular flexibility index (Phi) is 5.89. The molecule has 0 aliphatic heterocycles. The largest absolute Gasteiger partial charge is 0.301 e. The van der Waals surface area contributed by atoms with E-state index in [-0.39, 0.29) is 17.4 Å². The normalized spacial score (nSPS) is 12.4. The van der Waals surface area contributed by atoms with Crippen molar-refractivity contribution in [2.75, 3.05) is 5.32 Å². The van der Waals surface area contributed by atoms with Gasteiger partial charge in [0.25, 0.3) is 5.56 Å². The number of carbonyl (C=O) groups excluding carboxylic acids is 1. The molecule has 1 atom stereocenters. The molecule has 2 N–H and O–H groups in total. The molecule has 0 bridgehead atoms.